The molecule has 0 aromatic heterocycles. The number of aliphatic carboxylic acids is 1. The summed E-state index contributed by atoms with van der Waals surface area (Å²) in [6.07, 6.45) is 1.79. The van der Waals surface area contributed by atoms with Gasteiger partial charge in [-0.3, -0.25) is 14.4 Å². The second-order valence-electron chi connectivity index (χ2n) is 12.1. The van der Waals surface area contributed by atoms with Crippen LogP contribution < -0.4 is 20.5 Å². The molecule has 4 aromatic carbocycles. The van der Waals surface area contributed by atoms with Gasteiger partial charge in [-0.15, -0.1) is 0 Å². The molecule has 1 unspecified atom stereocenters. The third kappa shape index (κ3) is 9.93. The van der Waals surface area contributed by atoms with Gasteiger partial charge in [0.15, 0.2) is 0 Å². The Bertz CT molecular complexity index is 1810. The largest absolute Gasteiger partial charge is 1.00 e. The van der Waals surface area contributed by atoms with Crippen molar-refractivity contribution in [2.75, 3.05) is 52.7 Å². The van der Waals surface area contributed by atoms with E-state index in [0.29, 0.717) is 88.9 Å². The average Bonchev–Trinajstić information content (AvgIpc) is 3.43. The molecule has 260 valence electrons. The second-order valence-corrected chi connectivity index (χ2v) is 12.1. The second kappa shape index (κ2) is 18.5. The Morgan fingerprint density at radius 1 is 0.760 bits per heavy atom. The molecule has 0 spiro atoms. The number of fused-ring (bicyclic) bond motifs is 7. The molecule has 12 heteroatoms. The standard InChI is InChI=1S/C36H39N2O7.C2H4O2.Hg/c1-36-22-30-26-10-4-2-8-24(26)20-28(32(30)39)34(40)37-12-6-14-42-16-18-44-19-17-43-15-7-13-38-35(41)29-21-25-9-3-5-11-27(25)31(23-36)33(29)45-36;1-2(3)4;/h2-5,8-11,20-21,39H,1,6-7,12-19,22-23H2,(H,37,40)(H,38,41);1H3,(H,3,4);/q;;+1/p-1. The zero-order valence-corrected chi connectivity index (χ0v) is 33.9. The number of carboxylic acids is 1. The predicted octanol–water partition coefficient (Wildman–Crippen LogP) is 4.21. The van der Waals surface area contributed by atoms with Gasteiger partial charge >= 0.3 is 27.7 Å². The van der Waals surface area contributed by atoms with Crippen LogP contribution in [-0.4, -0.2) is 81.2 Å². The van der Waals surface area contributed by atoms with Gasteiger partial charge < -0.3 is 39.8 Å². The first-order chi connectivity index (χ1) is 23.7. The molecule has 4 aromatic rings. The minimum absolute atomic E-state index is 0. The summed E-state index contributed by atoms with van der Waals surface area (Å²) in [5.41, 5.74) is 0.779. The molecule has 11 nitrogen and oxygen atoms in total. The molecule has 0 fully saturated rings. The number of carboxylic acid groups (broad SMARTS) is 1. The normalized spacial score (nSPS) is 19.3. The van der Waals surface area contributed by atoms with Crippen LogP contribution in [0.1, 0.15) is 51.6 Å². The maximum atomic E-state index is 13.9. The van der Waals surface area contributed by atoms with E-state index in [1.54, 1.807) is 6.07 Å². The molecule has 4 bridgehead atoms. The molecule has 6 rings (SSSR count). The predicted molar refractivity (Wildman–Crippen MR) is 183 cm³/mol. The van der Waals surface area contributed by atoms with Crippen LogP contribution in [0.15, 0.2) is 60.7 Å². The van der Waals surface area contributed by atoms with Crippen LogP contribution in [-0.2, 0) is 59.5 Å². The monoisotopic (exact) mass is 872 g/mol. The van der Waals surface area contributed by atoms with Gasteiger partial charge in [0.25, 0.3) is 17.8 Å². The summed E-state index contributed by atoms with van der Waals surface area (Å²) in [5, 5.41) is 30.7. The molecular weight excluding hydrogens is 829 g/mol. The number of hydrogen-bond acceptors (Lipinski definition) is 8. The SMILES string of the molecule is CC(=O)O.[CH2]C12Cc3c([O-])c(cc4ccccc34)C(=O)NCCCOCCOCCOCCCNC(=O)c3cc4ccccc4c(c3O1)C2.[Hg+]. The van der Waals surface area contributed by atoms with Crippen molar-refractivity contribution in [2.24, 2.45) is 0 Å². The van der Waals surface area contributed by atoms with E-state index < -0.39 is 17.5 Å². The summed E-state index contributed by atoms with van der Waals surface area (Å²) in [5.74, 6) is -1.38. The van der Waals surface area contributed by atoms with Crippen molar-refractivity contribution in [3.63, 3.8) is 0 Å². The van der Waals surface area contributed by atoms with Gasteiger partial charge in [-0.05, 0) is 59.0 Å². The Labute approximate surface area is 312 Å². The maximum Gasteiger partial charge on any atom is 1.00 e. The summed E-state index contributed by atoms with van der Waals surface area (Å²) in [4.78, 5) is 35.7. The number of nitrogens with one attached hydrogen (secondary N) is 2. The Morgan fingerprint density at radius 2 is 1.20 bits per heavy atom. The molecule has 2 aliphatic rings. The minimum atomic E-state index is -1.07. The molecule has 0 saturated carbocycles. The molecule has 2 aliphatic heterocycles. The first-order valence-corrected chi connectivity index (χ1v) is 16.5. The van der Waals surface area contributed by atoms with Crippen molar-refractivity contribution in [3.05, 3.63) is 89.8 Å². The topological polar surface area (TPSA) is 155 Å². The van der Waals surface area contributed by atoms with E-state index in [1.165, 1.54) is 0 Å². The van der Waals surface area contributed by atoms with Crippen LogP contribution in [0.4, 0.5) is 0 Å². The number of hydrogen-bond donors (Lipinski definition) is 3. The van der Waals surface area contributed by atoms with Crippen molar-refractivity contribution in [1.82, 2.24) is 10.6 Å². The molecular formula is C38H42HgN2O9. The zero-order valence-electron chi connectivity index (χ0n) is 28.4. The molecule has 2 heterocycles. The maximum absolute atomic E-state index is 13.9. The van der Waals surface area contributed by atoms with Crippen molar-refractivity contribution >= 4 is 39.3 Å². The summed E-state index contributed by atoms with van der Waals surface area (Å²) < 4.78 is 23.4. The average molecular weight is 871 g/mol. The van der Waals surface area contributed by atoms with E-state index in [-0.39, 0.29) is 51.3 Å². The van der Waals surface area contributed by atoms with Crippen LogP contribution >= 0.6 is 0 Å². The Morgan fingerprint density at radius 3 is 1.76 bits per heavy atom. The molecule has 1 atom stereocenters. The van der Waals surface area contributed by atoms with Crippen LogP contribution in [0, 0.1) is 6.92 Å². The van der Waals surface area contributed by atoms with E-state index in [1.807, 2.05) is 54.6 Å². The fourth-order valence-electron chi connectivity index (χ4n) is 6.09. The quantitative estimate of drug-likeness (QED) is 0.221. The fraction of sp³-hybridized carbons (Fsp3) is 0.368. The molecule has 0 saturated heterocycles. The Hall–Kier alpha value is -3.77. The molecule has 2 amide bonds. The molecule has 0 aliphatic carbocycles. The number of benzene rings is 4. The van der Waals surface area contributed by atoms with Gasteiger partial charge in [0.1, 0.15) is 11.4 Å². The number of ether oxygens (including phenoxy) is 4. The smallest absolute Gasteiger partial charge is 0.872 e. The van der Waals surface area contributed by atoms with E-state index in [0.717, 1.165) is 34.0 Å². The van der Waals surface area contributed by atoms with Gasteiger partial charge in [0.2, 0.25) is 0 Å². The third-order valence-corrected chi connectivity index (χ3v) is 8.26. The van der Waals surface area contributed by atoms with Gasteiger partial charge in [0, 0.05) is 57.2 Å². The van der Waals surface area contributed by atoms with Crippen LogP contribution in [0.25, 0.3) is 21.5 Å². The summed E-state index contributed by atoms with van der Waals surface area (Å²) in [6.45, 7) is 9.07. The first-order valence-electron chi connectivity index (χ1n) is 16.5. The van der Waals surface area contributed by atoms with Gasteiger partial charge in [0.05, 0.1) is 32.0 Å². The Balaban J connectivity index is 0.00000107. The fourth-order valence-corrected chi connectivity index (χ4v) is 6.09. The zero-order chi connectivity index (χ0) is 34.8. The number of amides is 2. The number of rotatable bonds is 0. The van der Waals surface area contributed by atoms with E-state index >= 15 is 0 Å². The molecule has 2 radical (unpaired) electrons. The van der Waals surface area contributed by atoms with Gasteiger partial charge in [-0.25, -0.2) is 0 Å². The van der Waals surface area contributed by atoms with E-state index in [4.69, 9.17) is 28.8 Å². The van der Waals surface area contributed by atoms with Crippen molar-refractivity contribution < 1.29 is 71.2 Å². The van der Waals surface area contributed by atoms with E-state index in [2.05, 4.69) is 17.6 Å². The summed E-state index contributed by atoms with van der Waals surface area (Å²) in [6, 6.07) is 18.9. The summed E-state index contributed by atoms with van der Waals surface area (Å²) >= 11 is 0. The summed E-state index contributed by atoms with van der Waals surface area (Å²) in [7, 11) is 0. The van der Waals surface area contributed by atoms with Gasteiger partial charge in [-0.1, -0.05) is 54.3 Å². The molecule has 3 N–H and O–H groups in total. The van der Waals surface area contributed by atoms with Crippen LogP contribution in [0.2, 0.25) is 0 Å². The van der Waals surface area contributed by atoms with Crippen LogP contribution in [0.5, 0.6) is 11.5 Å². The van der Waals surface area contributed by atoms with Crippen molar-refractivity contribution in [2.45, 2.75) is 38.2 Å². The van der Waals surface area contributed by atoms with Gasteiger partial charge in [-0.2, -0.15) is 0 Å². The van der Waals surface area contributed by atoms with Crippen molar-refractivity contribution in [1.29, 1.82) is 0 Å². The molecule has 50 heavy (non-hydrogen) atoms. The third-order valence-electron chi connectivity index (χ3n) is 8.26. The van der Waals surface area contributed by atoms with Crippen LogP contribution in [0.3, 0.4) is 0 Å². The first kappa shape index (κ1) is 39.0. The number of carbonyl (C=O) groups excluding carboxylic acids is 2. The number of carbonyl (C=O) groups is 3. The van der Waals surface area contributed by atoms with Crippen molar-refractivity contribution in [3.8, 4) is 11.5 Å². The van der Waals surface area contributed by atoms with E-state index in [9.17, 15) is 14.7 Å². The minimum Gasteiger partial charge on any atom is -0.872 e. The Kier molecular flexibility index (Phi) is 14.4.